The molecular formula is C11H6F3NO. The normalized spacial score (nSPS) is 11.7. The van der Waals surface area contributed by atoms with Crippen molar-refractivity contribution < 1.29 is 18.0 Å². The number of carbonyl (C=O) groups is 1. The van der Waals surface area contributed by atoms with Crippen LogP contribution >= 0.6 is 0 Å². The number of carbonyl (C=O) groups excluding carboxylic acids is 1. The minimum Gasteiger partial charge on any atom is -0.298 e. The van der Waals surface area contributed by atoms with E-state index in [4.69, 9.17) is 0 Å². The molecule has 2 aromatic rings. The van der Waals surface area contributed by atoms with Gasteiger partial charge in [-0.25, -0.2) is 0 Å². The lowest BCUT2D eigenvalue weighted by atomic mass is 10.1. The van der Waals surface area contributed by atoms with Crippen LogP contribution in [-0.4, -0.2) is 11.3 Å². The molecule has 2 rings (SSSR count). The van der Waals surface area contributed by atoms with Crippen molar-refractivity contribution in [1.82, 2.24) is 4.98 Å². The van der Waals surface area contributed by atoms with E-state index in [0.29, 0.717) is 17.2 Å². The number of nitrogens with zero attached hydrogens (tertiary/aromatic N) is 1. The zero-order chi connectivity index (χ0) is 11.8. The second-order valence-electron chi connectivity index (χ2n) is 3.28. The van der Waals surface area contributed by atoms with Crippen molar-refractivity contribution in [2.24, 2.45) is 0 Å². The Morgan fingerprint density at radius 3 is 2.56 bits per heavy atom. The molecule has 0 aliphatic carbocycles. The monoisotopic (exact) mass is 225 g/mol. The highest BCUT2D eigenvalue weighted by atomic mass is 19.4. The maximum atomic E-state index is 12.6. The number of hydrogen-bond acceptors (Lipinski definition) is 2. The number of aromatic nitrogens is 1. The smallest absolute Gasteiger partial charge is 0.298 e. The van der Waals surface area contributed by atoms with Gasteiger partial charge >= 0.3 is 6.18 Å². The molecule has 1 aromatic heterocycles. The van der Waals surface area contributed by atoms with Gasteiger partial charge < -0.3 is 0 Å². The van der Waals surface area contributed by atoms with Crippen LogP contribution in [0.25, 0.3) is 10.8 Å². The molecule has 0 radical (unpaired) electrons. The fourth-order valence-corrected chi connectivity index (χ4v) is 1.49. The van der Waals surface area contributed by atoms with E-state index in [1.807, 2.05) is 0 Å². The van der Waals surface area contributed by atoms with Crippen LogP contribution in [0.15, 0.2) is 30.6 Å². The maximum Gasteiger partial charge on any atom is 0.418 e. The van der Waals surface area contributed by atoms with Crippen molar-refractivity contribution >= 4 is 17.1 Å². The average Bonchev–Trinajstić information content (AvgIpc) is 2.26. The van der Waals surface area contributed by atoms with Crippen LogP contribution in [0.2, 0.25) is 0 Å². The molecular weight excluding hydrogens is 219 g/mol. The van der Waals surface area contributed by atoms with Crippen LogP contribution < -0.4 is 0 Å². The highest BCUT2D eigenvalue weighted by molar-refractivity contribution is 5.90. The third-order valence-electron chi connectivity index (χ3n) is 2.22. The molecule has 0 saturated carbocycles. The van der Waals surface area contributed by atoms with Crippen LogP contribution in [0, 0.1) is 0 Å². The van der Waals surface area contributed by atoms with Gasteiger partial charge in [-0.05, 0) is 11.5 Å². The second-order valence-corrected chi connectivity index (χ2v) is 3.28. The third kappa shape index (κ3) is 1.76. The number of hydrogen-bond donors (Lipinski definition) is 0. The molecule has 1 heterocycles. The SMILES string of the molecule is O=Cc1ccc2c(C(F)(F)F)cncc2c1. The molecule has 5 heteroatoms. The Kier molecular flexibility index (Phi) is 2.38. The first-order chi connectivity index (χ1) is 7.52. The number of fused-ring (bicyclic) bond motifs is 1. The summed E-state index contributed by atoms with van der Waals surface area (Å²) < 4.78 is 37.8. The molecule has 0 N–H and O–H groups in total. The van der Waals surface area contributed by atoms with Gasteiger partial charge in [0, 0.05) is 23.3 Å². The lowest BCUT2D eigenvalue weighted by molar-refractivity contribution is -0.136. The minimum atomic E-state index is -4.44. The Labute approximate surface area is 88.7 Å². The summed E-state index contributed by atoms with van der Waals surface area (Å²) in [6.45, 7) is 0. The molecule has 0 fully saturated rings. The molecule has 0 aliphatic rings. The minimum absolute atomic E-state index is 0.0492. The third-order valence-corrected chi connectivity index (χ3v) is 2.22. The van der Waals surface area contributed by atoms with Gasteiger partial charge in [-0.1, -0.05) is 12.1 Å². The molecule has 16 heavy (non-hydrogen) atoms. The predicted octanol–water partition coefficient (Wildman–Crippen LogP) is 3.07. The lowest BCUT2D eigenvalue weighted by Crippen LogP contribution is -2.06. The Morgan fingerprint density at radius 1 is 1.19 bits per heavy atom. The second kappa shape index (κ2) is 3.59. The Balaban J connectivity index is 2.74. The standard InChI is InChI=1S/C11H6F3NO/c12-11(13,14)10-5-15-4-8-3-7(6-16)1-2-9(8)10/h1-6H. The van der Waals surface area contributed by atoms with E-state index in [1.165, 1.54) is 24.4 Å². The average molecular weight is 225 g/mol. The van der Waals surface area contributed by atoms with Crippen molar-refractivity contribution in [1.29, 1.82) is 0 Å². The molecule has 0 bridgehead atoms. The van der Waals surface area contributed by atoms with Gasteiger partial charge in [-0.3, -0.25) is 9.78 Å². The highest BCUT2D eigenvalue weighted by Crippen LogP contribution is 2.33. The van der Waals surface area contributed by atoms with E-state index >= 15 is 0 Å². The van der Waals surface area contributed by atoms with Gasteiger partial charge in [-0.15, -0.1) is 0 Å². The number of rotatable bonds is 1. The van der Waals surface area contributed by atoms with Crippen LogP contribution in [-0.2, 0) is 6.18 Å². The number of benzene rings is 1. The first-order valence-corrected chi connectivity index (χ1v) is 4.42. The molecule has 0 unspecified atom stereocenters. The van der Waals surface area contributed by atoms with E-state index in [-0.39, 0.29) is 5.39 Å². The molecule has 82 valence electrons. The Bertz CT molecular complexity index is 548. The maximum absolute atomic E-state index is 12.6. The van der Waals surface area contributed by atoms with Crippen molar-refractivity contribution in [3.8, 4) is 0 Å². The number of alkyl halides is 3. The van der Waals surface area contributed by atoms with Gasteiger partial charge in [0.1, 0.15) is 6.29 Å². The zero-order valence-corrected chi connectivity index (χ0v) is 7.95. The van der Waals surface area contributed by atoms with Crippen molar-refractivity contribution in [3.05, 3.63) is 41.7 Å². The quantitative estimate of drug-likeness (QED) is 0.698. The topological polar surface area (TPSA) is 30.0 Å². The lowest BCUT2D eigenvalue weighted by Gasteiger charge is -2.09. The number of halogens is 3. The van der Waals surface area contributed by atoms with Crippen LogP contribution in [0.4, 0.5) is 13.2 Å². The summed E-state index contributed by atoms with van der Waals surface area (Å²) in [5, 5.41) is 0.354. The molecule has 1 aromatic carbocycles. The summed E-state index contributed by atoms with van der Waals surface area (Å²) in [6.07, 6.45) is -1.77. The van der Waals surface area contributed by atoms with Crippen molar-refractivity contribution in [3.63, 3.8) is 0 Å². The summed E-state index contributed by atoms with van der Waals surface area (Å²) in [5.41, 5.74) is -0.462. The van der Waals surface area contributed by atoms with Crippen LogP contribution in [0.5, 0.6) is 0 Å². The molecule has 0 spiro atoms. The summed E-state index contributed by atoms with van der Waals surface area (Å²) in [6, 6.07) is 4.01. The summed E-state index contributed by atoms with van der Waals surface area (Å²) in [7, 11) is 0. The summed E-state index contributed by atoms with van der Waals surface area (Å²) >= 11 is 0. The molecule has 0 aliphatic heterocycles. The van der Waals surface area contributed by atoms with E-state index < -0.39 is 11.7 Å². The molecule has 0 amide bonds. The van der Waals surface area contributed by atoms with Crippen molar-refractivity contribution in [2.45, 2.75) is 6.18 Å². The van der Waals surface area contributed by atoms with Gasteiger partial charge in [0.25, 0.3) is 0 Å². The molecule has 0 atom stereocenters. The first kappa shape index (κ1) is 10.6. The van der Waals surface area contributed by atoms with Crippen molar-refractivity contribution in [2.75, 3.05) is 0 Å². The Hall–Kier alpha value is -1.91. The number of aldehydes is 1. The highest BCUT2D eigenvalue weighted by Gasteiger charge is 2.32. The van der Waals surface area contributed by atoms with E-state index in [0.717, 1.165) is 6.20 Å². The predicted molar refractivity (Wildman–Crippen MR) is 52.1 cm³/mol. The molecule has 2 nitrogen and oxygen atoms in total. The first-order valence-electron chi connectivity index (χ1n) is 4.42. The molecule has 0 saturated heterocycles. The van der Waals surface area contributed by atoms with Crippen LogP contribution in [0.3, 0.4) is 0 Å². The van der Waals surface area contributed by atoms with E-state index in [1.54, 1.807) is 0 Å². The van der Waals surface area contributed by atoms with Gasteiger partial charge in [0.15, 0.2) is 0 Å². The Morgan fingerprint density at radius 2 is 1.94 bits per heavy atom. The van der Waals surface area contributed by atoms with Gasteiger partial charge in [0.05, 0.1) is 5.56 Å². The number of pyridine rings is 1. The fourth-order valence-electron chi connectivity index (χ4n) is 1.49. The summed E-state index contributed by atoms with van der Waals surface area (Å²) in [4.78, 5) is 14.0. The van der Waals surface area contributed by atoms with Gasteiger partial charge in [-0.2, -0.15) is 13.2 Å². The zero-order valence-electron chi connectivity index (χ0n) is 7.95. The van der Waals surface area contributed by atoms with E-state index in [9.17, 15) is 18.0 Å². The largest absolute Gasteiger partial charge is 0.418 e. The summed E-state index contributed by atoms with van der Waals surface area (Å²) in [5.74, 6) is 0. The van der Waals surface area contributed by atoms with Gasteiger partial charge in [0.2, 0.25) is 0 Å². The van der Waals surface area contributed by atoms with E-state index in [2.05, 4.69) is 4.98 Å². The fraction of sp³-hybridized carbons (Fsp3) is 0.0909. The van der Waals surface area contributed by atoms with Crippen LogP contribution in [0.1, 0.15) is 15.9 Å².